The first-order valence-electron chi connectivity index (χ1n) is 10.2. The molecule has 0 aliphatic rings. The smallest absolute Gasteiger partial charge is 0.277 e. The summed E-state index contributed by atoms with van der Waals surface area (Å²) < 4.78 is 6.55. The molecule has 0 atom stereocenters. The summed E-state index contributed by atoms with van der Waals surface area (Å²) in [7, 11) is 0. The van der Waals surface area contributed by atoms with Crippen molar-refractivity contribution < 1.29 is 9.53 Å². The summed E-state index contributed by atoms with van der Waals surface area (Å²) in [5.74, 6) is 0.286. The van der Waals surface area contributed by atoms with Crippen LogP contribution in [0, 0.1) is 0 Å². The molecular weight excluding hydrogens is 464 g/mol. The van der Waals surface area contributed by atoms with Crippen molar-refractivity contribution in [1.29, 1.82) is 0 Å². The van der Waals surface area contributed by atoms with Gasteiger partial charge in [0.25, 0.3) is 5.91 Å². The zero-order chi connectivity index (χ0) is 21.9. The molecule has 5 heteroatoms. The first-order chi connectivity index (χ1) is 15.7. The highest BCUT2D eigenvalue weighted by Gasteiger charge is 2.09. The van der Waals surface area contributed by atoms with Crippen LogP contribution in [0.1, 0.15) is 5.56 Å². The zero-order valence-corrected chi connectivity index (χ0v) is 18.7. The molecule has 0 saturated heterocycles. The Hall–Kier alpha value is -3.70. The molecule has 0 heterocycles. The molecule has 0 fully saturated rings. The lowest BCUT2D eigenvalue weighted by molar-refractivity contribution is -0.123. The third kappa shape index (κ3) is 3.95. The van der Waals surface area contributed by atoms with Gasteiger partial charge in [-0.25, -0.2) is 5.43 Å². The molecule has 5 rings (SSSR count). The van der Waals surface area contributed by atoms with Crippen LogP contribution in [0.15, 0.2) is 101 Å². The maximum atomic E-state index is 12.3. The van der Waals surface area contributed by atoms with E-state index >= 15 is 0 Å². The minimum Gasteiger partial charge on any atom is -0.483 e. The van der Waals surface area contributed by atoms with E-state index in [1.54, 1.807) is 6.21 Å². The van der Waals surface area contributed by atoms with Crippen LogP contribution < -0.4 is 10.2 Å². The Morgan fingerprint density at radius 2 is 1.41 bits per heavy atom. The zero-order valence-electron chi connectivity index (χ0n) is 17.1. The number of fused-ring (bicyclic) bond motifs is 3. The van der Waals surface area contributed by atoms with E-state index in [0.717, 1.165) is 42.4 Å². The normalized spacial score (nSPS) is 11.4. The van der Waals surface area contributed by atoms with Crippen LogP contribution in [-0.2, 0) is 4.79 Å². The largest absolute Gasteiger partial charge is 0.483 e. The number of hydrogen-bond donors (Lipinski definition) is 1. The molecule has 0 saturated carbocycles. The van der Waals surface area contributed by atoms with E-state index in [1.165, 1.54) is 0 Å². The number of carbonyl (C=O) groups is 1. The van der Waals surface area contributed by atoms with Crippen LogP contribution >= 0.6 is 15.9 Å². The number of rotatable bonds is 5. The third-order valence-corrected chi connectivity index (χ3v) is 6.20. The van der Waals surface area contributed by atoms with Crippen molar-refractivity contribution in [2.45, 2.75) is 0 Å². The molecule has 0 bridgehead atoms. The van der Waals surface area contributed by atoms with Gasteiger partial charge in [-0.3, -0.25) is 4.79 Å². The lowest BCUT2D eigenvalue weighted by Crippen LogP contribution is -2.24. The molecule has 5 aromatic rings. The quantitative estimate of drug-likeness (QED) is 0.178. The van der Waals surface area contributed by atoms with Gasteiger partial charge in [0.15, 0.2) is 6.61 Å². The van der Waals surface area contributed by atoms with Gasteiger partial charge in [-0.1, -0.05) is 78.9 Å². The number of ether oxygens (including phenoxy) is 1. The number of nitrogens with zero attached hydrogens (tertiary/aromatic N) is 1. The van der Waals surface area contributed by atoms with E-state index in [0.29, 0.717) is 5.75 Å². The fourth-order valence-electron chi connectivity index (χ4n) is 3.86. The Kier molecular flexibility index (Phi) is 5.57. The van der Waals surface area contributed by atoms with Gasteiger partial charge in [-0.2, -0.15) is 5.10 Å². The topological polar surface area (TPSA) is 50.7 Å². The van der Waals surface area contributed by atoms with Gasteiger partial charge < -0.3 is 4.74 Å². The summed E-state index contributed by atoms with van der Waals surface area (Å²) in [5, 5.41) is 10.8. The van der Waals surface area contributed by atoms with Crippen molar-refractivity contribution in [3.8, 4) is 5.75 Å². The summed E-state index contributed by atoms with van der Waals surface area (Å²) in [6.45, 7) is -0.134. The van der Waals surface area contributed by atoms with Crippen molar-refractivity contribution in [2.75, 3.05) is 6.61 Å². The average molecular weight is 483 g/mol. The van der Waals surface area contributed by atoms with E-state index in [-0.39, 0.29) is 12.5 Å². The highest BCUT2D eigenvalue weighted by molar-refractivity contribution is 9.10. The fourth-order valence-corrected chi connectivity index (χ4v) is 4.47. The lowest BCUT2D eigenvalue weighted by atomic mass is 9.97. The van der Waals surface area contributed by atoms with Crippen molar-refractivity contribution >= 4 is 60.4 Å². The molecule has 156 valence electrons. The molecular formula is C27H19BrN2O2. The highest BCUT2D eigenvalue weighted by atomic mass is 79.9. The lowest BCUT2D eigenvalue weighted by Gasteiger charge is -2.10. The summed E-state index contributed by atoms with van der Waals surface area (Å²) in [6, 6.07) is 30.3. The Balaban J connectivity index is 1.33. The van der Waals surface area contributed by atoms with E-state index in [1.807, 2.05) is 60.7 Å². The first-order valence-corrected chi connectivity index (χ1v) is 11.0. The Morgan fingerprint density at radius 1 is 0.812 bits per heavy atom. The molecule has 0 radical (unpaired) electrons. The molecule has 0 aliphatic heterocycles. The number of benzene rings is 5. The van der Waals surface area contributed by atoms with Gasteiger partial charge >= 0.3 is 0 Å². The standard InChI is InChI=1S/C27H19BrN2O2/c28-27-23-12-6-1-7-18(23)13-14-25(27)32-17-26(31)30-29-16-24-21-10-4-2-8-19(21)15-20-9-3-5-11-22(20)24/h1-16H,17H2,(H,30,31)/b29-16+. The predicted octanol–water partition coefficient (Wildman–Crippen LogP) is 6.44. The van der Waals surface area contributed by atoms with E-state index in [4.69, 9.17) is 4.74 Å². The van der Waals surface area contributed by atoms with E-state index < -0.39 is 0 Å². The van der Waals surface area contributed by atoms with Gasteiger partial charge in [0.05, 0.1) is 10.7 Å². The maximum absolute atomic E-state index is 12.3. The molecule has 0 aliphatic carbocycles. The Bertz CT molecular complexity index is 1440. The van der Waals surface area contributed by atoms with E-state index in [2.05, 4.69) is 56.8 Å². The van der Waals surface area contributed by atoms with Crippen molar-refractivity contribution in [3.63, 3.8) is 0 Å². The summed E-state index contributed by atoms with van der Waals surface area (Å²) >= 11 is 3.57. The number of halogens is 1. The minimum atomic E-state index is -0.328. The van der Waals surface area contributed by atoms with Crippen molar-refractivity contribution in [1.82, 2.24) is 5.43 Å². The van der Waals surface area contributed by atoms with Crippen LogP contribution in [-0.4, -0.2) is 18.7 Å². The molecule has 0 aromatic heterocycles. The van der Waals surface area contributed by atoms with Gasteiger partial charge in [-0.15, -0.1) is 0 Å². The molecule has 0 spiro atoms. The number of hydrogen-bond acceptors (Lipinski definition) is 3. The third-order valence-electron chi connectivity index (χ3n) is 5.38. The number of amides is 1. The fraction of sp³-hybridized carbons (Fsp3) is 0.0370. The van der Waals surface area contributed by atoms with Crippen molar-refractivity contribution in [2.24, 2.45) is 5.10 Å². The Morgan fingerprint density at radius 3 is 2.09 bits per heavy atom. The second-order valence-corrected chi connectivity index (χ2v) is 8.21. The molecule has 1 N–H and O–H groups in total. The summed E-state index contributed by atoms with van der Waals surface area (Å²) in [4.78, 5) is 12.3. The Labute approximate surface area is 193 Å². The molecule has 1 amide bonds. The number of carbonyl (C=O) groups excluding carboxylic acids is 1. The summed E-state index contributed by atoms with van der Waals surface area (Å²) in [5.41, 5.74) is 3.55. The molecule has 4 nitrogen and oxygen atoms in total. The molecule has 32 heavy (non-hydrogen) atoms. The van der Waals surface area contributed by atoms with Gasteiger partial charge in [0.1, 0.15) is 5.75 Å². The SMILES string of the molecule is O=C(COc1ccc2ccccc2c1Br)N/N=C/c1c2ccccc2cc2ccccc12. The van der Waals surface area contributed by atoms with Gasteiger partial charge in [0, 0.05) is 5.56 Å². The maximum Gasteiger partial charge on any atom is 0.277 e. The number of hydrazone groups is 1. The van der Waals surface area contributed by atoms with Crippen LogP contribution in [0.25, 0.3) is 32.3 Å². The minimum absolute atomic E-state index is 0.134. The predicted molar refractivity (Wildman–Crippen MR) is 134 cm³/mol. The van der Waals surface area contributed by atoms with Gasteiger partial charge in [-0.05, 0) is 60.4 Å². The summed E-state index contributed by atoms with van der Waals surface area (Å²) in [6.07, 6.45) is 1.70. The molecule has 5 aromatic carbocycles. The highest BCUT2D eigenvalue weighted by Crippen LogP contribution is 2.33. The second-order valence-electron chi connectivity index (χ2n) is 7.41. The van der Waals surface area contributed by atoms with Gasteiger partial charge in [0.2, 0.25) is 0 Å². The second kappa shape index (κ2) is 8.81. The monoisotopic (exact) mass is 482 g/mol. The molecule has 0 unspecified atom stereocenters. The van der Waals surface area contributed by atoms with Crippen LogP contribution in [0.2, 0.25) is 0 Å². The van der Waals surface area contributed by atoms with Crippen LogP contribution in [0.5, 0.6) is 5.75 Å². The van der Waals surface area contributed by atoms with Crippen LogP contribution in [0.3, 0.4) is 0 Å². The first kappa shape index (κ1) is 20.2. The van der Waals surface area contributed by atoms with Crippen LogP contribution in [0.4, 0.5) is 0 Å². The van der Waals surface area contributed by atoms with Crippen molar-refractivity contribution in [3.05, 3.63) is 101 Å². The average Bonchev–Trinajstić information content (AvgIpc) is 2.83. The number of nitrogens with one attached hydrogen (secondary N) is 1. The van der Waals surface area contributed by atoms with E-state index in [9.17, 15) is 4.79 Å².